The fraction of sp³-hybridized carbons (Fsp3) is 0.400. The van der Waals surface area contributed by atoms with Crippen molar-refractivity contribution in [2.75, 3.05) is 5.43 Å². The summed E-state index contributed by atoms with van der Waals surface area (Å²) in [4.78, 5) is 13.3. The van der Waals surface area contributed by atoms with E-state index in [1.54, 1.807) is 6.20 Å². The molecule has 2 aromatic rings. The van der Waals surface area contributed by atoms with Gasteiger partial charge in [-0.15, -0.1) is 0 Å². The van der Waals surface area contributed by atoms with E-state index < -0.39 is 0 Å². The quantitative estimate of drug-likeness (QED) is 0.663. The van der Waals surface area contributed by atoms with E-state index in [2.05, 4.69) is 43.1 Å². The van der Waals surface area contributed by atoms with Crippen LogP contribution in [-0.2, 0) is 11.8 Å². The summed E-state index contributed by atoms with van der Waals surface area (Å²) in [5, 5.41) is 0. The Morgan fingerprint density at radius 2 is 2.00 bits per heavy atom. The summed E-state index contributed by atoms with van der Waals surface area (Å²) in [7, 11) is 0. The summed E-state index contributed by atoms with van der Waals surface area (Å²) in [5.41, 5.74) is 5.64. The van der Waals surface area contributed by atoms with E-state index in [4.69, 9.17) is 10.8 Å². The summed E-state index contributed by atoms with van der Waals surface area (Å²) in [5.74, 6) is 6.84. The highest BCUT2D eigenvalue weighted by atomic mass is 15.3. The summed E-state index contributed by atoms with van der Waals surface area (Å²) in [6.45, 7) is 8.45. The maximum atomic E-state index is 5.53. The Balaban J connectivity index is 2.62. The lowest BCUT2D eigenvalue weighted by Gasteiger charge is -2.19. The Morgan fingerprint density at radius 1 is 1.25 bits per heavy atom. The normalized spacial score (nSPS) is 11.4. The van der Waals surface area contributed by atoms with Crippen LogP contribution in [0.1, 0.15) is 39.0 Å². The molecule has 0 spiro atoms. The fourth-order valence-corrected chi connectivity index (χ4v) is 1.95. The standard InChI is InChI=1S/C15H21N5/c1-5-10-9-17-7-6-11(10)14-18-12(15(2,3)4)8-13(19-14)20-16/h6-9H,5,16H2,1-4H3,(H,18,19,20). The van der Waals surface area contributed by atoms with Gasteiger partial charge in [0.05, 0.1) is 5.69 Å². The van der Waals surface area contributed by atoms with Crippen molar-refractivity contribution in [1.82, 2.24) is 15.0 Å². The Labute approximate surface area is 119 Å². The smallest absolute Gasteiger partial charge is 0.162 e. The van der Waals surface area contributed by atoms with Crippen LogP contribution >= 0.6 is 0 Å². The second kappa shape index (κ2) is 5.54. The number of nitrogens with two attached hydrogens (primary N) is 1. The van der Waals surface area contributed by atoms with Gasteiger partial charge in [0.25, 0.3) is 0 Å². The van der Waals surface area contributed by atoms with E-state index in [1.807, 2.05) is 18.3 Å². The molecule has 0 saturated carbocycles. The topological polar surface area (TPSA) is 76.7 Å². The minimum atomic E-state index is -0.0668. The molecule has 0 aliphatic heterocycles. The molecule has 0 bridgehead atoms. The zero-order valence-electron chi connectivity index (χ0n) is 12.4. The van der Waals surface area contributed by atoms with Gasteiger partial charge in [0.2, 0.25) is 0 Å². The highest BCUT2D eigenvalue weighted by Crippen LogP contribution is 2.27. The number of nitrogens with zero attached hydrogens (tertiary/aromatic N) is 3. The van der Waals surface area contributed by atoms with Gasteiger partial charge in [0, 0.05) is 29.4 Å². The minimum absolute atomic E-state index is 0.0668. The number of nitrogen functional groups attached to an aromatic ring is 1. The number of hydrogen-bond donors (Lipinski definition) is 2. The van der Waals surface area contributed by atoms with E-state index in [0.29, 0.717) is 11.6 Å². The lowest BCUT2D eigenvalue weighted by Crippen LogP contribution is -2.17. The van der Waals surface area contributed by atoms with Gasteiger partial charge in [-0.3, -0.25) is 4.98 Å². The molecule has 2 heterocycles. The summed E-state index contributed by atoms with van der Waals surface area (Å²) >= 11 is 0. The van der Waals surface area contributed by atoms with Gasteiger partial charge >= 0.3 is 0 Å². The maximum absolute atomic E-state index is 5.53. The van der Waals surface area contributed by atoms with Crippen LogP contribution in [-0.4, -0.2) is 15.0 Å². The molecule has 2 aromatic heterocycles. The van der Waals surface area contributed by atoms with E-state index in [9.17, 15) is 0 Å². The molecule has 5 nitrogen and oxygen atoms in total. The predicted octanol–water partition coefficient (Wildman–Crippen LogP) is 2.68. The first-order valence-electron chi connectivity index (χ1n) is 6.75. The Morgan fingerprint density at radius 3 is 2.60 bits per heavy atom. The number of rotatable bonds is 3. The Bertz CT molecular complexity index is 601. The predicted molar refractivity (Wildman–Crippen MR) is 81.2 cm³/mol. The fourth-order valence-electron chi connectivity index (χ4n) is 1.95. The molecule has 2 rings (SSSR count). The molecule has 0 aromatic carbocycles. The van der Waals surface area contributed by atoms with Crippen molar-refractivity contribution in [3.8, 4) is 11.4 Å². The monoisotopic (exact) mass is 271 g/mol. The Hall–Kier alpha value is -2.01. The third-order valence-electron chi connectivity index (χ3n) is 3.17. The number of pyridine rings is 1. The van der Waals surface area contributed by atoms with Gasteiger partial charge in [0.1, 0.15) is 5.82 Å². The zero-order chi connectivity index (χ0) is 14.8. The van der Waals surface area contributed by atoms with Gasteiger partial charge in [0.15, 0.2) is 5.82 Å². The second-order valence-corrected chi connectivity index (χ2v) is 5.74. The number of aryl methyl sites for hydroxylation is 1. The molecule has 0 radical (unpaired) electrons. The van der Waals surface area contributed by atoms with Crippen LogP contribution < -0.4 is 11.3 Å². The van der Waals surface area contributed by atoms with E-state index in [0.717, 1.165) is 23.2 Å². The molecule has 0 amide bonds. The molecule has 0 unspecified atom stereocenters. The summed E-state index contributed by atoms with van der Waals surface area (Å²) < 4.78 is 0. The van der Waals surface area contributed by atoms with Crippen molar-refractivity contribution in [2.45, 2.75) is 39.5 Å². The lowest BCUT2D eigenvalue weighted by molar-refractivity contribution is 0.568. The van der Waals surface area contributed by atoms with Crippen LogP contribution in [0.4, 0.5) is 5.82 Å². The van der Waals surface area contributed by atoms with Gasteiger partial charge < -0.3 is 5.43 Å². The first-order chi connectivity index (χ1) is 9.45. The van der Waals surface area contributed by atoms with Crippen LogP contribution in [0.3, 0.4) is 0 Å². The lowest BCUT2D eigenvalue weighted by atomic mass is 9.91. The average molecular weight is 271 g/mol. The summed E-state index contributed by atoms with van der Waals surface area (Å²) in [6.07, 6.45) is 4.51. The number of hydrogen-bond acceptors (Lipinski definition) is 5. The highest BCUT2D eigenvalue weighted by molar-refractivity contribution is 5.61. The van der Waals surface area contributed by atoms with Gasteiger partial charge in [-0.2, -0.15) is 0 Å². The second-order valence-electron chi connectivity index (χ2n) is 5.74. The maximum Gasteiger partial charge on any atom is 0.162 e. The van der Waals surface area contributed by atoms with Crippen LogP contribution in [0.15, 0.2) is 24.5 Å². The molecule has 0 fully saturated rings. The number of hydrazine groups is 1. The highest BCUT2D eigenvalue weighted by Gasteiger charge is 2.19. The molecule has 0 aliphatic carbocycles. The van der Waals surface area contributed by atoms with Crippen LogP contribution in [0.25, 0.3) is 11.4 Å². The van der Waals surface area contributed by atoms with Gasteiger partial charge in [-0.1, -0.05) is 27.7 Å². The third-order valence-corrected chi connectivity index (χ3v) is 3.17. The number of anilines is 1. The van der Waals surface area contributed by atoms with Crippen molar-refractivity contribution in [3.05, 3.63) is 35.8 Å². The third kappa shape index (κ3) is 2.93. The molecule has 5 heteroatoms. The van der Waals surface area contributed by atoms with Crippen molar-refractivity contribution in [2.24, 2.45) is 5.84 Å². The van der Waals surface area contributed by atoms with Crippen molar-refractivity contribution < 1.29 is 0 Å². The first-order valence-corrected chi connectivity index (χ1v) is 6.75. The molecule has 3 N–H and O–H groups in total. The average Bonchev–Trinajstić information content (AvgIpc) is 2.45. The van der Waals surface area contributed by atoms with Crippen LogP contribution in [0, 0.1) is 0 Å². The molecular weight excluding hydrogens is 250 g/mol. The molecule has 0 aliphatic rings. The van der Waals surface area contributed by atoms with Crippen LogP contribution in [0.2, 0.25) is 0 Å². The van der Waals surface area contributed by atoms with Gasteiger partial charge in [-0.05, 0) is 18.1 Å². The minimum Gasteiger partial charge on any atom is -0.308 e. The largest absolute Gasteiger partial charge is 0.308 e. The van der Waals surface area contributed by atoms with E-state index in [-0.39, 0.29) is 5.41 Å². The molecule has 0 saturated heterocycles. The number of aromatic nitrogens is 3. The molecule has 20 heavy (non-hydrogen) atoms. The van der Waals surface area contributed by atoms with Gasteiger partial charge in [-0.25, -0.2) is 15.8 Å². The molecule has 106 valence electrons. The first kappa shape index (κ1) is 14.4. The van der Waals surface area contributed by atoms with Crippen molar-refractivity contribution in [1.29, 1.82) is 0 Å². The van der Waals surface area contributed by atoms with Crippen molar-refractivity contribution >= 4 is 5.82 Å². The Kier molecular flexibility index (Phi) is 3.99. The van der Waals surface area contributed by atoms with E-state index in [1.165, 1.54) is 0 Å². The molecular formula is C15H21N5. The van der Waals surface area contributed by atoms with E-state index >= 15 is 0 Å². The van der Waals surface area contributed by atoms with Crippen LogP contribution in [0.5, 0.6) is 0 Å². The summed E-state index contributed by atoms with van der Waals surface area (Å²) in [6, 6.07) is 3.83. The molecule has 0 atom stereocenters. The SMILES string of the molecule is CCc1cnccc1-c1nc(NN)cc(C(C)(C)C)n1. The number of nitrogens with one attached hydrogen (secondary N) is 1. The zero-order valence-corrected chi connectivity index (χ0v) is 12.4. The van der Waals surface area contributed by atoms with Crippen molar-refractivity contribution in [3.63, 3.8) is 0 Å².